The molecule has 5 nitrogen and oxygen atoms in total. The first kappa shape index (κ1) is 13.1. The molecule has 2 heterocycles. The average Bonchev–Trinajstić information content (AvgIpc) is 2.31. The average molecular weight is 270 g/mol. The number of pyridine rings is 1. The molecule has 1 aliphatic rings. The van der Waals surface area contributed by atoms with Crippen LogP contribution in [0.5, 0.6) is 0 Å². The second-order valence-electron chi connectivity index (χ2n) is 4.95. The molecule has 0 N–H and O–H groups in total. The normalized spacial score (nSPS) is 24.1. The molecule has 0 aromatic carbocycles. The lowest BCUT2D eigenvalue weighted by atomic mass is 9.89. The smallest absolute Gasteiger partial charge is 0.276 e. The molecule has 6 heteroatoms. The molecule has 2 unspecified atom stereocenters. The Balaban J connectivity index is 2.25. The molecule has 0 saturated carbocycles. The van der Waals surface area contributed by atoms with E-state index in [2.05, 4.69) is 23.7 Å². The topological polar surface area (TPSA) is 59.3 Å². The van der Waals surface area contributed by atoms with Crippen LogP contribution in [0.2, 0.25) is 5.15 Å². The monoisotopic (exact) mass is 269 g/mol. The molecule has 1 aromatic heterocycles. The summed E-state index contributed by atoms with van der Waals surface area (Å²) in [6.45, 7) is 6.16. The van der Waals surface area contributed by atoms with Crippen molar-refractivity contribution in [3.05, 3.63) is 27.4 Å². The van der Waals surface area contributed by atoms with Gasteiger partial charge in [0.1, 0.15) is 11.0 Å². The standard InChI is InChI=1S/C12H16ClN3O2/c1-8-3-4-15(7-9(8)2)12-6-10(16(17)18)5-11(13)14-12/h5-6,8-9H,3-4,7H2,1-2H3. The van der Waals surface area contributed by atoms with Gasteiger partial charge in [-0.3, -0.25) is 10.1 Å². The lowest BCUT2D eigenvalue weighted by molar-refractivity contribution is -0.384. The van der Waals surface area contributed by atoms with E-state index >= 15 is 0 Å². The Morgan fingerprint density at radius 1 is 1.44 bits per heavy atom. The number of halogens is 1. The summed E-state index contributed by atoms with van der Waals surface area (Å²) in [6, 6.07) is 2.77. The SMILES string of the molecule is CC1CCN(c2cc([N+](=O)[O-])cc(Cl)n2)CC1C. The first-order valence-electron chi connectivity index (χ1n) is 6.04. The number of anilines is 1. The van der Waals surface area contributed by atoms with Crippen molar-refractivity contribution in [3.8, 4) is 0 Å². The third-order valence-corrected chi connectivity index (χ3v) is 3.83. The van der Waals surface area contributed by atoms with Crippen molar-refractivity contribution in [1.29, 1.82) is 0 Å². The molecule has 1 aromatic rings. The first-order valence-corrected chi connectivity index (χ1v) is 6.42. The maximum atomic E-state index is 10.8. The minimum Gasteiger partial charge on any atom is -0.356 e. The highest BCUT2D eigenvalue weighted by Crippen LogP contribution is 2.29. The van der Waals surface area contributed by atoms with Gasteiger partial charge in [-0.05, 0) is 18.3 Å². The molecule has 0 aliphatic carbocycles. The number of aromatic nitrogens is 1. The van der Waals surface area contributed by atoms with Crippen LogP contribution in [0.4, 0.5) is 11.5 Å². The van der Waals surface area contributed by atoms with Crippen molar-refractivity contribution in [2.45, 2.75) is 20.3 Å². The van der Waals surface area contributed by atoms with Crippen LogP contribution in [0, 0.1) is 22.0 Å². The molecule has 18 heavy (non-hydrogen) atoms. The number of hydrogen-bond donors (Lipinski definition) is 0. The summed E-state index contributed by atoms with van der Waals surface area (Å²) in [5.41, 5.74) is -0.00345. The van der Waals surface area contributed by atoms with E-state index in [0.717, 1.165) is 19.5 Å². The summed E-state index contributed by atoms with van der Waals surface area (Å²) in [5, 5.41) is 11.0. The molecular weight excluding hydrogens is 254 g/mol. The Bertz CT molecular complexity index is 467. The zero-order valence-electron chi connectivity index (χ0n) is 10.5. The number of rotatable bonds is 2. The predicted molar refractivity (Wildman–Crippen MR) is 71.1 cm³/mol. The minimum absolute atomic E-state index is 0.00345. The predicted octanol–water partition coefficient (Wildman–Crippen LogP) is 3.13. The lowest BCUT2D eigenvalue weighted by Crippen LogP contribution is -2.38. The van der Waals surface area contributed by atoms with Gasteiger partial charge >= 0.3 is 0 Å². The number of nitro groups is 1. The van der Waals surface area contributed by atoms with Crippen molar-refractivity contribution < 1.29 is 4.92 Å². The molecule has 0 spiro atoms. The van der Waals surface area contributed by atoms with Crippen LogP contribution in [0.15, 0.2) is 12.1 Å². The zero-order valence-corrected chi connectivity index (χ0v) is 11.2. The highest BCUT2D eigenvalue weighted by molar-refractivity contribution is 6.29. The highest BCUT2D eigenvalue weighted by Gasteiger charge is 2.24. The molecule has 0 amide bonds. The second kappa shape index (κ2) is 5.10. The zero-order chi connectivity index (χ0) is 13.3. The fourth-order valence-electron chi connectivity index (χ4n) is 2.21. The van der Waals surface area contributed by atoms with Crippen LogP contribution in [0.3, 0.4) is 0 Å². The quantitative estimate of drug-likeness (QED) is 0.470. The van der Waals surface area contributed by atoms with Gasteiger partial charge in [0.25, 0.3) is 5.69 Å². The van der Waals surface area contributed by atoms with Crippen molar-refractivity contribution in [1.82, 2.24) is 4.98 Å². The third kappa shape index (κ3) is 2.72. The number of nitrogens with zero attached hydrogens (tertiary/aromatic N) is 3. The van der Waals surface area contributed by atoms with Crippen molar-refractivity contribution in [3.63, 3.8) is 0 Å². The van der Waals surface area contributed by atoms with E-state index in [1.807, 2.05) is 0 Å². The van der Waals surface area contributed by atoms with Gasteiger partial charge in [0, 0.05) is 13.1 Å². The van der Waals surface area contributed by atoms with Gasteiger partial charge in [0.15, 0.2) is 0 Å². The lowest BCUT2D eigenvalue weighted by Gasteiger charge is -2.35. The van der Waals surface area contributed by atoms with Gasteiger partial charge in [-0.25, -0.2) is 4.98 Å². The Morgan fingerprint density at radius 2 is 2.17 bits per heavy atom. The Labute approximate surface area is 111 Å². The van der Waals surface area contributed by atoms with E-state index in [-0.39, 0.29) is 10.8 Å². The van der Waals surface area contributed by atoms with Crippen molar-refractivity contribution >= 4 is 23.1 Å². The summed E-state index contributed by atoms with van der Waals surface area (Å²) in [6.07, 6.45) is 1.07. The Hall–Kier alpha value is -1.36. The van der Waals surface area contributed by atoms with Crippen molar-refractivity contribution in [2.75, 3.05) is 18.0 Å². The van der Waals surface area contributed by atoms with E-state index in [1.165, 1.54) is 12.1 Å². The molecule has 2 rings (SSSR count). The van der Waals surface area contributed by atoms with Gasteiger partial charge in [0.2, 0.25) is 0 Å². The summed E-state index contributed by atoms with van der Waals surface area (Å²) in [5.74, 6) is 1.84. The van der Waals surface area contributed by atoms with Crippen LogP contribution in [0.25, 0.3) is 0 Å². The van der Waals surface area contributed by atoms with Crippen molar-refractivity contribution in [2.24, 2.45) is 11.8 Å². The van der Waals surface area contributed by atoms with Crippen LogP contribution >= 0.6 is 11.6 Å². The highest BCUT2D eigenvalue weighted by atomic mass is 35.5. The molecule has 0 radical (unpaired) electrons. The van der Waals surface area contributed by atoms with E-state index in [9.17, 15) is 10.1 Å². The maximum absolute atomic E-state index is 10.8. The Morgan fingerprint density at radius 3 is 2.78 bits per heavy atom. The van der Waals surface area contributed by atoms with Gasteiger partial charge in [-0.2, -0.15) is 0 Å². The molecule has 1 aliphatic heterocycles. The summed E-state index contributed by atoms with van der Waals surface area (Å²) < 4.78 is 0. The molecule has 1 saturated heterocycles. The van der Waals surface area contributed by atoms with Crippen LogP contribution < -0.4 is 4.90 Å². The summed E-state index contributed by atoms with van der Waals surface area (Å²) in [7, 11) is 0. The number of piperidine rings is 1. The van der Waals surface area contributed by atoms with E-state index in [4.69, 9.17) is 11.6 Å². The maximum Gasteiger partial charge on any atom is 0.276 e. The second-order valence-corrected chi connectivity index (χ2v) is 5.34. The fraction of sp³-hybridized carbons (Fsp3) is 0.583. The van der Waals surface area contributed by atoms with Crippen LogP contribution in [0.1, 0.15) is 20.3 Å². The summed E-state index contributed by atoms with van der Waals surface area (Å²) >= 11 is 5.84. The number of hydrogen-bond acceptors (Lipinski definition) is 4. The van der Waals surface area contributed by atoms with E-state index in [1.54, 1.807) is 0 Å². The molecular formula is C12H16ClN3O2. The van der Waals surface area contributed by atoms with Crippen LogP contribution in [-0.2, 0) is 0 Å². The molecule has 1 fully saturated rings. The van der Waals surface area contributed by atoms with Gasteiger partial charge in [0.05, 0.1) is 17.1 Å². The van der Waals surface area contributed by atoms with Crippen LogP contribution in [-0.4, -0.2) is 23.0 Å². The van der Waals surface area contributed by atoms with E-state index < -0.39 is 4.92 Å². The van der Waals surface area contributed by atoms with E-state index in [0.29, 0.717) is 17.7 Å². The minimum atomic E-state index is -0.437. The largest absolute Gasteiger partial charge is 0.356 e. The van der Waals surface area contributed by atoms with Gasteiger partial charge < -0.3 is 4.90 Å². The first-order chi connectivity index (χ1) is 8.47. The van der Waals surface area contributed by atoms with Gasteiger partial charge in [-0.1, -0.05) is 25.4 Å². The summed E-state index contributed by atoms with van der Waals surface area (Å²) in [4.78, 5) is 16.6. The molecule has 2 atom stereocenters. The molecule has 98 valence electrons. The van der Waals surface area contributed by atoms with Gasteiger partial charge in [-0.15, -0.1) is 0 Å². The molecule has 0 bridgehead atoms. The Kier molecular flexibility index (Phi) is 3.71. The fourth-order valence-corrected chi connectivity index (χ4v) is 2.41. The third-order valence-electron chi connectivity index (χ3n) is 3.63.